The van der Waals surface area contributed by atoms with Gasteiger partial charge in [-0.15, -0.1) is 24.0 Å². The maximum Gasteiger partial charge on any atom is 0.191 e. The third-order valence-electron chi connectivity index (χ3n) is 4.67. The average Bonchev–Trinajstić information content (AvgIpc) is 2.91. The zero-order valence-corrected chi connectivity index (χ0v) is 20.1. The molecule has 1 aromatic carbocycles. The number of guanidine groups is 1. The molecule has 0 bridgehead atoms. The van der Waals surface area contributed by atoms with Gasteiger partial charge < -0.3 is 15.4 Å². The molecule has 2 N–H and O–H groups in total. The number of hydrogen-bond acceptors (Lipinski definition) is 4. The summed E-state index contributed by atoms with van der Waals surface area (Å²) >= 11 is 0. The molecule has 6 nitrogen and oxygen atoms in total. The van der Waals surface area contributed by atoms with Crippen molar-refractivity contribution < 1.29 is 13.2 Å². The number of aliphatic imine (C=N–C) groups is 1. The second-order valence-corrected chi connectivity index (χ2v) is 9.04. The van der Waals surface area contributed by atoms with Crippen molar-refractivity contribution in [2.45, 2.75) is 63.0 Å². The van der Waals surface area contributed by atoms with E-state index in [9.17, 15) is 8.42 Å². The zero-order valence-electron chi connectivity index (χ0n) is 16.9. The van der Waals surface area contributed by atoms with Gasteiger partial charge in [-0.2, -0.15) is 0 Å². The fourth-order valence-corrected chi connectivity index (χ4v) is 3.79. The highest BCUT2D eigenvalue weighted by Crippen LogP contribution is 2.19. The van der Waals surface area contributed by atoms with Gasteiger partial charge in [0.25, 0.3) is 0 Å². The average molecular weight is 523 g/mol. The van der Waals surface area contributed by atoms with Crippen LogP contribution in [0.25, 0.3) is 0 Å². The molecule has 0 radical (unpaired) electrons. The van der Waals surface area contributed by atoms with Crippen LogP contribution in [0.5, 0.6) is 0 Å². The van der Waals surface area contributed by atoms with Gasteiger partial charge in [-0.3, -0.25) is 0 Å². The monoisotopic (exact) mass is 523 g/mol. The summed E-state index contributed by atoms with van der Waals surface area (Å²) in [7, 11) is -3.16. The van der Waals surface area contributed by atoms with Crippen molar-refractivity contribution in [3.63, 3.8) is 0 Å². The summed E-state index contributed by atoms with van der Waals surface area (Å²) in [6.45, 7) is 4.69. The molecule has 1 fully saturated rings. The van der Waals surface area contributed by atoms with Crippen LogP contribution in [0.3, 0.4) is 0 Å². The second-order valence-electron chi connectivity index (χ2n) is 7.02. The molecule has 8 heteroatoms. The van der Waals surface area contributed by atoms with Crippen LogP contribution >= 0.6 is 24.0 Å². The molecule has 0 spiro atoms. The topological polar surface area (TPSA) is 79.8 Å². The lowest BCUT2D eigenvalue weighted by Crippen LogP contribution is -2.39. The predicted octanol–water partition coefficient (Wildman–Crippen LogP) is 3.50. The standard InChI is InChI=1S/C20H33N3O3S.HI/c1-3-21-20(22-14-15-26-18-8-6-4-5-7-9-18)23-16-17-10-12-19(13-11-17)27(2,24)25;/h10-13,18H,3-9,14-16H2,1-2H3,(H2,21,22,23);1H. The highest BCUT2D eigenvalue weighted by molar-refractivity contribution is 14.0. The van der Waals surface area contributed by atoms with Crippen LogP contribution in [0.2, 0.25) is 0 Å². The third-order valence-corrected chi connectivity index (χ3v) is 5.79. The predicted molar refractivity (Wildman–Crippen MR) is 125 cm³/mol. The Bertz CT molecular complexity index is 685. The number of benzene rings is 1. The van der Waals surface area contributed by atoms with Crippen LogP contribution < -0.4 is 10.6 Å². The molecule has 160 valence electrons. The molecular weight excluding hydrogens is 489 g/mol. The van der Waals surface area contributed by atoms with E-state index in [1.807, 2.05) is 6.92 Å². The molecule has 0 saturated heterocycles. The van der Waals surface area contributed by atoms with E-state index in [0.717, 1.165) is 24.6 Å². The fourth-order valence-electron chi connectivity index (χ4n) is 3.16. The van der Waals surface area contributed by atoms with E-state index in [0.29, 0.717) is 24.2 Å². The van der Waals surface area contributed by atoms with Crippen molar-refractivity contribution >= 4 is 39.8 Å². The molecule has 28 heavy (non-hydrogen) atoms. The Morgan fingerprint density at radius 2 is 1.75 bits per heavy atom. The highest BCUT2D eigenvalue weighted by atomic mass is 127. The lowest BCUT2D eigenvalue weighted by molar-refractivity contribution is 0.0468. The summed E-state index contributed by atoms with van der Waals surface area (Å²) in [5, 5.41) is 6.52. The van der Waals surface area contributed by atoms with Crippen molar-refractivity contribution in [2.24, 2.45) is 4.99 Å². The quantitative estimate of drug-likeness (QED) is 0.179. The Morgan fingerprint density at radius 1 is 1.11 bits per heavy atom. The summed E-state index contributed by atoms with van der Waals surface area (Å²) < 4.78 is 29.0. The Morgan fingerprint density at radius 3 is 2.32 bits per heavy atom. The number of nitrogens with zero attached hydrogens (tertiary/aromatic N) is 1. The molecule has 1 aromatic rings. The van der Waals surface area contributed by atoms with Crippen LogP contribution in [0.4, 0.5) is 0 Å². The lowest BCUT2D eigenvalue weighted by Gasteiger charge is -2.16. The molecular formula is C20H34IN3O3S. The van der Waals surface area contributed by atoms with Gasteiger partial charge >= 0.3 is 0 Å². The van der Waals surface area contributed by atoms with Gasteiger partial charge in [-0.25, -0.2) is 13.4 Å². The minimum absolute atomic E-state index is 0. The third kappa shape index (κ3) is 9.56. The van der Waals surface area contributed by atoms with Crippen LogP contribution in [-0.4, -0.2) is 46.4 Å². The molecule has 0 atom stereocenters. The number of rotatable bonds is 8. The minimum atomic E-state index is -3.16. The van der Waals surface area contributed by atoms with Crippen LogP contribution in [0.15, 0.2) is 34.2 Å². The van der Waals surface area contributed by atoms with Crippen molar-refractivity contribution in [3.05, 3.63) is 29.8 Å². The van der Waals surface area contributed by atoms with Crippen LogP contribution in [0, 0.1) is 0 Å². The minimum Gasteiger partial charge on any atom is -0.376 e. The SMILES string of the molecule is CCNC(=NCc1ccc(S(C)(=O)=O)cc1)NCCOC1CCCCCC1.I. The van der Waals surface area contributed by atoms with Crippen molar-refractivity contribution in [2.75, 3.05) is 26.0 Å². The van der Waals surface area contributed by atoms with E-state index in [-0.39, 0.29) is 24.0 Å². The molecule has 0 amide bonds. The first kappa shape index (κ1) is 25.2. The highest BCUT2D eigenvalue weighted by Gasteiger charge is 2.12. The molecule has 2 rings (SSSR count). The number of sulfone groups is 1. The molecule has 0 aromatic heterocycles. The van der Waals surface area contributed by atoms with Crippen molar-refractivity contribution in [1.29, 1.82) is 0 Å². The summed E-state index contributed by atoms with van der Waals surface area (Å²) in [4.78, 5) is 4.89. The Labute approximate surface area is 186 Å². The molecule has 0 unspecified atom stereocenters. The van der Waals surface area contributed by atoms with E-state index in [1.165, 1.54) is 44.8 Å². The Hall–Kier alpha value is -0.870. The lowest BCUT2D eigenvalue weighted by atomic mass is 10.1. The second kappa shape index (κ2) is 13.4. The number of hydrogen-bond donors (Lipinski definition) is 2. The van der Waals surface area contributed by atoms with Gasteiger partial charge in [0.1, 0.15) is 0 Å². The number of nitrogens with one attached hydrogen (secondary N) is 2. The van der Waals surface area contributed by atoms with Gasteiger partial charge in [0.05, 0.1) is 24.2 Å². The van der Waals surface area contributed by atoms with Crippen molar-refractivity contribution in [1.82, 2.24) is 10.6 Å². The van der Waals surface area contributed by atoms with Gasteiger partial charge in [0, 0.05) is 19.3 Å². The number of halogens is 1. The van der Waals surface area contributed by atoms with E-state index >= 15 is 0 Å². The Balaban J connectivity index is 0.00000392. The fraction of sp³-hybridized carbons (Fsp3) is 0.650. The van der Waals surface area contributed by atoms with E-state index in [1.54, 1.807) is 24.3 Å². The normalized spacial score (nSPS) is 16.1. The van der Waals surface area contributed by atoms with Gasteiger partial charge in [-0.1, -0.05) is 37.8 Å². The molecule has 0 aliphatic heterocycles. The largest absolute Gasteiger partial charge is 0.376 e. The zero-order chi connectivity index (χ0) is 19.5. The van der Waals surface area contributed by atoms with Crippen LogP contribution in [0.1, 0.15) is 51.0 Å². The summed E-state index contributed by atoms with van der Waals surface area (Å²) in [6, 6.07) is 6.86. The number of ether oxygens (including phenoxy) is 1. The van der Waals surface area contributed by atoms with Gasteiger partial charge in [-0.05, 0) is 37.5 Å². The Kier molecular flexibility index (Phi) is 12.0. The first-order valence-corrected chi connectivity index (χ1v) is 11.8. The molecule has 1 aliphatic rings. The molecule has 1 aliphatic carbocycles. The smallest absolute Gasteiger partial charge is 0.191 e. The molecule has 0 heterocycles. The summed E-state index contributed by atoms with van der Waals surface area (Å²) in [6.07, 6.45) is 9.20. The van der Waals surface area contributed by atoms with Crippen molar-refractivity contribution in [3.8, 4) is 0 Å². The van der Waals surface area contributed by atoms with Crippen LogP contribution in [-0.2, 0) is 21.1 Å². The van der Waals surface area contributed by atoms with E-state index in [2.05, 4.69) is 15.6 Å². The van der Waals surface area contributed by atoms with Gasteiger partial charge in [0.2, 0.25) is 0 Å². The summed E-state index contributed by atoms with van der Waals surface area (Å²) in [5.74, 6) is 0.745. The first-order valence-electron chi connectivity index (χ1n) is 9.92. The first-order chi connectivity index (χ1) is 13.0. The maximum absolute atomic E-state index is 11.5. The molecule has 1 saturated carbocycles. The summed E-state index contributed by atoms with van der Waals surface area (Å²) in [5.41, 5.74) is 0.967. The maximum atomic E-state index is 11.5. The van der Waals surface area contributed by atoms with E-state index in [4.69, 9.17) is 4.74 Å². The van der Waals surface area contributed by atoms with E-state index < -0.39 is 9.84 Å². The van der Waals surface area contributed by atoms with Gasteiger partial charge in [0.15, 0.2) is 15.8 Å².